The summed E-state index contributed by atoms with van der Waals surface area (Å²) in [5.74, 6) is 0.678. The number of benzene rings is 2. The van der Waals surface area contributed by atoms with Gasteiger partial charge in [0.05, 0.1) is 11.3 Å². The molecular weight excluding hydrogens is 457 g/mol. The number of aromatic nitrogens is 3. The summed E-state index contributed by atoms with van der Waals surface area (Å²) in [4.78, 5) is 13.5. The number of allylic oxidation sites excluding steroid dienone is 1. The summed E-state index contributed by atoms with van der Waals surface area (Å²) in [6, 6.07) is 12.6. The maximum atomic E-state index is 12.9. The van der Waals surface area contributed by atoms with Crippen molar-refractivity contribution in [1.82, 2.24) is 14.3 Å². The number of carbonyl (C=O) groups excluding carboxylic acids is 1. The number of nitrogens with one attached hydrogen (secondary N) is 1. The van der Waals surface area contributed by atoms with Crippen LogP contribution in [0, 0.1) is 11.7 Å². The summed E-state index contributed by atoms with van der Waals surface area (Å²) >= 11 is 7.04. The smallest absolute Gasteiger partial charge is 0.324 e. The third kappa shape index (κ3) is 6.10. The number of rotatable bonds is 8. The number of halogens is 3. The molecule has 0 unspecified atom stereocenters. The molecule has 1 N–H and O–H groups in total. The Labute approximate surface area is 193 Å². The Kier molecular flexibility index (Phi) is 7.57. The van der Waals surface area contributed by atoms with E-state index in [1.165, 1.54) is 22.4 Å². The second-order valence-electron chi connectivity index (χ2n) is 6.98. The number of anilines is 1. The fourth-order valence-corrected chi connectivity index (χ4v) is 4.02. The van der Waals surface area contributed by atoms with Crippen LogP contribution in [0.25, 0.3) is 0 Å². The molecule has 0 bridgehead atoms. The Balaban J connectivity index is 1.74. The van der Waals surface area contributed by atoms with Crippen molar-refractivity contribution in [1.29, 1.82) is 0 Å². The van der Waals surface area contributed by atoms with Gasteiger partial charge in [-0.25, -0.2) is 4.68 Å². The van der Waals surface area contributed by atoms with Crippen molar-refractivity contribution in [3.05, 3.63) is 82.9 Å². The summed E-state index contributed by atoms with van der Waals surface area (Å²) in [5, 5.41) is 6.94. The molecule has 0 fully saturated rings. The molecule has 0 radical (unpaired) electrons. The topological polar surface area (TPSA) is 51.9 Å². The monoisotopic (exact) mass is 478 g/mol. The zero-order valence-corrected chi connectivity index (χ0v) is 18.9. The Morgan fingerprint density at radius 2 is 1.97 bits per heavy atom. The molecule has 0 aliphatic heterocycles. The van der Waals surface area contributed by atoms with Crippen molar-refractivity contribution in [2.45, 2.75) is 36.8 Å². The van der Waals surface area contributed by atoms with E-state index in [-0.39, 0.29) is 12.2 Å². The number of hydrogen-bond donors (Lipinski definition) is 1. The number of nitrogens with zero attached hydrogens (tertiary/aromatic N) is 3. The van der Waals surface area contributed by atoms with Crippen LogP contribution >= 0.6 is 24.0 Å². The zero-order chi connectivity index (χ0) is 23.3. The van der Waals surface area contributed by atoms with Crippen molar-refractivity contribution in [3.8, 4) is 0 Å². The molecule has 0 saturated heterocycles. The summed E-state index contributed by atoms with van der Waals surface area (Å²) in [5.41, 5.74) is 0.384. The van der Waals surface area contributed by atoms with Gasteiger partial charge in [0.25, 0.3) is 0 Å². The van der Waals surface area contributed by atoms with Crippen LogP contribution < -0.4 is 5.32 Å². The van der Waals surface area contributed by atoms with E-state index in [9.17, 15) is 18.0 Å². The van der Waals surface area contributed by atoms with E-state index in [2.05, 4.69) is 17.0 Å². The molecule has 32 heavy (non-hydrogen) atoms. The van der Waals surface area contributed by atoms with Crippen LogP contribution in [0.3, 0.4) is 0 Å². The van der Waals surface area contributed by atoms with Gasteiger partial charge in [0.1, 0.15) is 12.4 Å². The highest BCUT2D eigenvalue weighted by Crippen LogP contribution is 2.30. The minimum atomic E-state index is -4.49. The second-order valence-corrected chi connectivity index (χ2v) is 8.40. The number of amides is 1. The number of carbonyl (C=O) groups is 1. The van der Waals surface area contributed by atoms with Crippen molar-refractivity contribution < 1.29 is 18.0 Å². The fourth-order valence-electron chi connectivity index (χ4n) is 2.90. The van der Waals surface area contributed by atoms with Gasteiger partial charge < -0.3 is 5.32 Å². The van der Waals surface area contributed by atoms with Crippen molar-refractivity contribution in [2.75, 3.05) is 5.32 Å². The highest BCUT2D eigenvalue weighted by molar-refractivity contribution is 7.98. The molecular formula is C22H21F3N4OS2. The van der Waals surface area contributed by atoms with E-state index in [0.29, 0.717) is 22.9 Å². The van der Waals surface area contributed by atoms with Crippen LogP contribution in [0.5, 0.6) is 0 Å². The first-order chi connectivity index (χ1) is 15.2. The van der Waals surface area contributed by atoms with Gasteiger partial charge in [-0.3, -0.25) is 9.36 Å². The summed E-state index contributed by atoms with van der Waals surface area (Å²) < 4.78 is 42.1. The predicted octanol–water partition coefficient (Wildman–Crippen LogP) is 5.86. The van der Waals surface area contributed by atoms with Gasteiger partial charge in [0.15, 0.2) is 4.77 Å². The molecule has 2 aromatic carbocycles. The van der Waals surface area contributed by atoms with Crippen LogP contribution in [-0.4, -0.2) is 20.3 Å². The number of alkyl halides is 3. The minimum absolute atomic E-state index is 0.0528. The van der Waals surface area contributed by atoms with E-state index in [0.717, 1.165) is 17.0 Å². The first kappa shape index (κ1) is 23.8. The normalized spacial score (nSPS) is 11.4. The highest BCUT2D eigenvalue weighted by atomic mass is 32.2. The maximum Gasteiger partial charge on any atom is 0.416 e. The Hall–Kier alpha value is -2.85. The fraction of sp³-hybridized carbons (Fsp3) is 0.227. The van der Waals surface area contributed by atoms with Gasteiger partial charge in [-0.05, 0) is 49.5 Å². The molecule has 1 amide bonds. The summed E-state index contributed by atoms with van der Waals surface area (Å²) in [7, 11) is 0. The maximum absolute atomic E-state index is 12.9. The largest absolute Gasteiger partial charge is 0.416 e. The van der Waals surface area contributed by atoms with E-state index >= 15 is 0 Å². The van der Waals surface area contributed by atoms with Crippen molar-refractivity contribution in [2.24, 2.45) is 0 Å². The molecule has 1 aromatic heterocycles. The molecule has 0 aliphatic rings. The predicted molar refractivity (Wildman–Crippen MR) is 122 cm³/mol. The first-order valence-corrected chi connectivity index (χ1v) is 11.0. The van der Waals surface area contributed by atoms with Gasteiger partial charge in [-0.2, -0.15) is 18.3 Å². The van der Waals surface area contributed by atoms with Gasteiger partial charge >= 0.3 is 6.18 Å². The first-order valence-electron chi connectivity index (χ1n) is 9.61. The van der Waals surface area contributed by atoms with Crippen molar-refractivity contribution in [3.63, 3.8) is 0 Å². The second kappa shape index (κ2) is 10.2. The highest BCUT2D eigenvalue weighted by Gasteiger charge is 2.30. The van der Waals surface area contributed by atoms with Gasteiger partial charge in [-0.1, -0.05) is 29.8 Å². The Bertz CT molecular complexity index is 1170. The van der Waals surface area contributed by atoms with Crippen LogP contribution in [0.2, 0.25) is 0 Å². The van der Waals surface area contributed by atoms with Crippen molar-refractivity contribution >= 4 is 35.6 Å². The molecule has 168 valence electrons. The zero-order valence-electron chi connectivity index (χ0n) is 17.2. The van der Waals surface area contributed by atoms with Crippen LogP contribution in [0.15, 0.2) is 66.1 Å². The molecule has 3 rings (SSSR count). The lowest BCUT2D eigenvalue weighted by Crippen LogP contribution is -2.20. The molecule has 5 nitrogen and oxygen atoms in total. The average Bonchev–Trinajstić information content (AvgIpc) is 3.02. The molecule has 0 saturated carbocycles. The number of thioether (sulfide) groups is 1. The summed E-state index contributed by atoms with van der Waals surface area (Å²) in [6.45, 7) is 5.96. The number of hydrogen-bond acceptors (Lipinski definition) is 4. The standard InChI is InChI=1S/C22H21F3N4OS2/c1-3-11-28-19(14-32-18-9-7-15(2)8-10-18)27-29(21(28)31)13-20(30)26-17-6-4-5-16(12-17)22(23,24)25/h3-10,12H,1,11,13-14H2,2H3,(H,26,30). The Morgan fingerprint density at radius 3 is 2.62 bits per heavy atom. The third-order valence-electron chi connectivity index (χ3n) is 4.47. The van der Waals surface area contributed by atoms with E-state index in [1.807, 2.05) is 31.2 Å². The lowest BCUT2D eigenvalue weighted by Gasteiger charge is -2.09. The quantitative estimate of drug-likeness (QED) is 0.250. The molecule has 0 aliphatic carbocycles. The van der Waals surface area contributed by atoms with Crippen LogP contribution in [0.1, 0.15) is 17.0 Å². The Morgan fingerprint density at radius 1 is 1.25 bits per heavy atom. The van der Waals surface area contributed by atoms with Crippen LogP contribution in [-0.2, 0) is 29.8 Å². The van der Waals surface area contributed by atoms with Crippen LogP contribution in [0.4, 0.5) is 18.9 Å². The minimum Gasteiger partial charge on any atom is -0.324 e. The van der Waals surface area contributed by atoms with Gasteiger partial charge in [0, 0.05) is 17.1 Å². The lowest BCUT2D eigenvalue weighted by molar-refractivity contribution is -0.137. The van der Waals surface area contributed by atoms with Gasteiger partial charge in [-0.15, -0.1) is 18.3 Å². The summed E-state index contributed by atoms with van der Waals surface area (Å²) in [6.07, 6.45) is -2.80. The third-order valence-corrected chi connectivity index (χ3v) is 5.91. The molecule has 3 aromatic rings. The molecule has 10 heteroatoms. The lowest BCUT2D eigenvalue weighted by atomic mass is 10.2. The van der Waals surface area contributed by atoms with E-state index in [4.69, 9.17) is 12.2 Å². The average molecular weight is 479 g/mol. The number of aryl methyl sites for hydroxylation is 1. The molecule has 0 atom stereocenters. The molecule has 1 heterocycles. The SMILES string of the molecule is C=CCn1c(CSc2ccc(C)cc2)nn(CC(=O)Nc2cccc(C(F)(F)F)c2)c1=S. The van der Waals surface area contributed by atoms with Gasteiger partial charge in [0.2, 0.25) is 5.91 Å². The van der Waals surface area contributed by atoms with E-state index < -0.39 is 17.6 Å². The molecule has 0 spiro atoms. The van der Waals surface area contributed by atoms with E-state index in [1.54, 1.807) is 22.4 Å².